The summed E-state index contributed by atoms with van der Waals surface area (Å²) in [5.41, 5.74) is 1.57. The van der Waals surface area contributed by atoms with Crippen molar-refractivity contribution in [2.75, 3.05) is 57.3 Å². The van der Waals surface area contributed by atoms with Crippen LogP contribution in [0.15, 0.2) is 53.4 Å². The Hall–Kier alpha value is -2.95. The number of anilines is 1. The molecule has 2 saturated heterocycles. The third-order valence-corrected chi connectivity index (χ3v) is 9.42. The monoisotopic (exact) mass is 526 g/mol. The van der Waals surface area contributed by atoms with Gasteiger partial charge in [0.1, 0.15) is 12.3 Å². The highest BCUT2D eigenvalue weighted by Crippen LogP contribution is 2.35. The van der Waals surface area contributed by atoms with Crippen LogP contribution < -0.4 is 9.64 Å². The van der Waals surface area contributed by atoms with E-state index in [4.69, 9.17) is 4.74 Å². The molecule has 3 aliphatic rings. The van der Waals surface area contributed by atoms with Crippen molar-refractivity contribution in [2.24, 2.45) is 5.92 Å². The molecule has 0 radical (unpaired) electrons. The number of benzene rings is 2. The lowest BCUT2D eigenvalue weighted by Gasteiger charge is -2.36. The summed E-state index contributed by atoms with van der Waals surface area (Å²) in [6.45, 7) is 6.28. The van der Waals surface area contributed by atoms with Crippen LogP contribution in [0.5, 0.6) is 5.75 Å². The van der Waals surface area contributed by atoms with E-state index in [1.165, 1.54) is 26.9 Å². The number of ether oxygens (including phenoxy) is 1. The zero-order chi connectivity index (χ0) is 26.0. The molecule has 0 bridgehead atoms. The third-order valence-electron chi connectivity index (χ3n) is 7.52. The highest BCUT2D eigenvalue weighted by Gasteiger charge is 2.33. The molecule has 0 saturated carbocycles. The van der Waals surface area contributed by atoms with Gasteiger partial charge in [0.15, 0.2) is 6.61 Å². The highest BCUT2D eigenvalue weighted by atomic mass is 32.2. The van der Waals surface area contributed by atoms with Crippen molar-refractivity contribution < 1.29 is 22.7 Å². The summed E-state index contributed by atoms with van der Waals surface area (Å²) < 4.78 is 33.7. The lowest BCUT2D eigenvalue weighted by Crippen LogP contribution is -2.52. The van der Waals surface area contributed by atoms with E-state index in [9.17, 15) is 18.0 Å². The molecule has 10 heteroatoms. The molecule has 0 spiro atoms. The highest BCUT2D eigenvalue weighted by molar-refractivity contribution is 7.89. The van der Waals surface area contributed by atoms with Crippen molar-refractivity contribution in [3.05, 3.63) is 54.1 Å². The first-order valence-electron chi connectivity index (χ1n) is 12.9. The summed E-state index contributed by atoms with van der Waals surface area (Å²) >= 11 is 0. The molecule has 0 unspecified atom stereocenters. The lowest BCUT2D eigenvalue weighted by atomic mass is 10.0. The zero-order valence-corrected chi connectivity index (χ0v) is 22.0. The van der Waals surface area contributed by atoms with Gasteiger partial charge in [-0.2, -0.15) is 4.31 Å². The minimum Gasteiger partial charge on any atom is -0.482 e. The van der Waals surface area contributed by atoms with Crippen LogP contribution in [0.25, 0.3) is 0 Å². The molecule has 2 fully saturated rings. The van der Waals surface area contributed by atoms with E-state index < -0.39 is 10.0 Å². The maximum atomic E-state index is 13.3. The van der Waals surface area contributed by atoms with E-state index in [1.54, 1.807) is 11.0 Å². The molecule has 0 aliphatic carbocycles. The second-order valence-corrected chi connectivity index (χ2v) is 12.1. The molecule has 37 heavy (non-hydrogen) atoms. The molecular weight excluding hydrogens is 492 g/mol. The van der Waals surface area contributed by atoms with Crippen LogP contribution >= 0.6 is 0 Å². The van der Waals surface area contributed by atoms with E-state index in [0.717, 1.165) is 32.5 Å². The van der Waals surface area contributed by atoms with Gasteiger partial charge in [-0.3, -0.25) is 19.4 Å². The van der Waals surface area contributed by atoms with Crippen molar-refractivity contribution in [1.29, 1.82) is 0 Å². The maximum absolute atomic E-state index is 13.3. The Balaban J connectivity index is 1.26. The topological polar surface area (TPSA) is 90.5 Å². The minimum atomic E-state index is -3.70. The van der Waals surface area contributed by atoms with Crippen molar-refractivity contribution in [3.8, 4) is 5.75 Å². The Morgan fingerprint density at radius 3 is 2.38 bits per heavy atom. The van der Waals surface area contributed by atoms with Crippen molar-refractivity contribution >= 4 is 27.5 Å². The van der Waals surface area contributed by atoms with Gasteiger partial charge in [0, 0.05) is 45.8 Å². The van der Waals surface area contributed by atoms with Crippen molar-refractivity contribution in [1.82, 2.24) is 14.1 Å². The first kappa shape index (κ1) is 25.7. The average molecular weight is 527 g/mol. The van der Waals surface area contributed by atoms with Gasteiger partial charge in [-0.15, -0.1) is 0 Å². The smallest absolute Gasteiger partial charge is 0.265 e. The molecule has 2 amide bonds. The van der Waals surface area contributed by atoms with Crippen LogP contribution in [-0.2, 0) is 26.2 Å². The second-order valence-electron chi connectivity index (χ2n) is 10.1. The standard InChI is InChI=1S/C27H34N4O5S/c1-21-9-11-30(12-10-21)37(34,35)23-7-8-25-24(17-23)31(27(33)20-36-25)19-26(32)29-15-13-28(14-16-29)18-22-5-3-2-4-6-22/h2-8,17,21H,9-16,18-20H2,1H3. The summed E-state index contributed by atoms with van der Waals surface area (Å²) in [7, 11) is -3.70. The first-order valence-corrected chi connectivity index (χ1v) is 14.4. The van der Waals surface area contributed by atoms with Gasteiger partial charge in [0.2, 0.25) is 15.9 Å². The molecule has 9 nitrogen and oxygen atoms in total. The molecule has 0 N–H and O–H groups in total. The van der Waals surface area contributed by atoms with Crippen LogP contribution in [0.2, 0.25) is 0 Å². The first-order chi connectivity index (χ1) is 17.8. The molecule has 5 rings (SSSR count). The summed E-state index contributed by atoms with van der Waals surface area (Å²) in [4.78, 5) is 31.6. The Kier molecular flexibility index (Phi) is 7.50. The summed E-state index contributed by atoms with van der Waals surface area (Å²) in [5, 5.41) is 0. The Morgan fingerprint density at radius 1 is 0.973 bits per heavy atom. The van der Waals surface area contributed by atoms with Crippen LogP contribution in [-0.4, -0.2) is 86.8 Å². The molecule has 2 aromatic rings. The molecule has 0 atom stereocenters. The van der Waals surface area contributed by atoms with Crippen LogP contribution in [0.3, 0.4) is 0 Å². The average Bonchev–Trinajstić information content (AvgIpc) is 2.91. The number of piperidine rings is 1. The number of hydrogen-bond acceptors (Lipinski definition) is 6. The molecule has 0 aromatic heterocycles. The largest absolute Gasteiger partial charge is 0.482 e. The van der Waals surface area contributed by atoms with E-state index in [-0.39, 0.29) is 29.9 Å². The Morgan fingerprint density at radius 2 is 1.68 bits per heavy atom. The fourth-order valence-corrected chi connectivity index (χ4v) is 6.61. The second kappa shape index (κ2) is 10.8. The van der Waals surface area contributed by atoms with E-state index in [0.29, 0.717) is 43.5 Å². The summed E-state index contributed by atoms with van der Waals surface area (Å²) in [6.07, 6.45) is 1.65. The van der Waals surface area contributed by atoms with Gasteiger partial charge in [-0.1, -0.05) is 37.3 Å². The quantitative estimate of drug-likeness (QED) is 0.573. The minimum absolute atomic E-state index is 0.117. The number of hydrogen-bond donors (Lipinski definition) is 0. The van der Waals surface area contributed by atoms with Crippen LogP contribution in [0.4, 0.5) is 5.69 Å². The van der Waals surface area contributed by atoms with Crippen molar-refractivity contribution in [2.45, 2.75) is 31.2 Å². The number of rotatable bonds is 6. The van der Waals surface area contributed by atoms with Gasteiger partial charge in [0.25, 0.3) is 5.91 Å². The van der Waals surface area contributed by atoms with Gasteiger partial charge >= 0.3 is 0 Å². The maximum Gasteiger partial charge on any atom is 0.265 e. The normalized spacial score (nSPS) is 20.0. The van der Waals surface area contributed by atoms with Gasteiger partial charge < -0.3 is 9.64 Å². The van der Waals surface area contributed by atoms with Crippen molar-refractivity contribution in [3.63, 3.8) is 0 Å². The molecule has 3 aliphatic heterocycles. The number of nitrogens with zero attached hydrogens (tertiary/aromatic N) is 4. The van der Waals surface area contributed by atoms with Gasteiger partial charge in [0.05, 0.1) is 10.6 Å². The van der Waals surface area contributed by atoms with Crippen LogP contribution in [0.1, 0.15) is 25.3 Å². The molecule has 2 aromatic carbocycles. The van der Waals surface area contributed by atoms with Gasteiger partial charge in [-0.25, -0.2) is 8.42 Å². The lowest BCUT2D eigenvalue weighted by molar-refractivity contribution is -0.133. The molecule has 198 valence electrons. The van der Waals surface area contributed by atoms with Crippen LogP contribution in [0, 0.1) is 5.92 Å². The predicted molar refractivity (Wildman–Crippen MR) is 140 cm³/mol. The SMILES string of the molecule is CC1CCN(S(=O)(=O)c2ccc3c(c2)N(CC(=O)N2CCN(Cc4ccccc4)CC2)C(=O)CO3)CC1. The number of amides is 2. The van der Waals surface area contributed by atoms with E-state index >= 15 is 0 Å². The molecule has 3 heterocycles. The fraction of sp³-hybridized carbons (Fsp3) is 0.481. The summed E-state index contributed by atoms with van der Waals surface area (Å²) in [5.74, 6) is 0.401. The number of carbonyl (C=O) groups is 2. The number of carbonyl (C=O) groups excluding carboxylic acids is 2. The molecular formula is C27H34N4O5S. The number of fused-ring (bicyclic) bond motifs is 1. The zero-order valence-electron chi connectivity index (χ0n) is 21.2. The Labute approximate surface area is 218 Å². The predicted octanol–water partition coefficient (Wildman–Crippen LogP) is 2.18. The number of sulfonamides is 1. The number of piperazine rings is 1. The fourth-order valence-electron chi connectivity index (χ4n) is 5.12. The van der Waals surface area contributed by atoms with Gasteiger partial charge in [-0.05, 0) is 42.5 Å². The third kappa shape index (κ3) is 5.66. The van der Waals surface area contributed by atoms with E-state index in [1.807, 2.05) is 18.2 Å². The summed E-state index contributed by atoms with van der Waals surface area (Å²) in [6, 6.07) is 14.8. The van der Waals surface area contributed by atoms with E-state index in [2.05, 4.69) is 24.0 Å². The Bertz CT molecular complexity index is 1240.